The molecule has 0 bridgehead atoms. The molecule has 0 fully saturated rings. The lowest BCUT2D eigenvalue weighted by molar-refractivity contribution is -0.124. The van der Waals surface area contributed by atoms with Gasteiger partial charge in [0.1, 0.15) is 5.82 Å². The van der Waals surface area contributed by atoms with E-state index in [1.165, 1.54) is 6.08 Å². The van der Waals surface area contributed by atoms with Crippen LogP contribution in [0.15, 0.2) is 54.2 Å². The third-order valence-corrected chi connectivity index (χ3v) is 4.19. The van der Waals surface area contributed by atoms with E-state index in [0.717, 1.165) is 22.3 Å². The van der Waals surface area contributed by atoms with Gasteiger partial charge in [-0.25, -0.2) is 4.98 Å². The SMILES string of the molecule is CN(CC1=C(C#N)c2ccccc2C1)C(=O)/C=C/c1ccc(N)nc1. The molecule has 0 saturated heterocycles. The van der Waals surface area contributed by atoms with Crippen molar-refractivity contribution in [2.24, 2.45) is 0 Å². The summed E-state index contributed by atoms with van der Waals surface area (Å²) < 4.78 is 0. The molecule has 1 amide bonds. The number of pyridine rings is 1. The molecule has 1 aromatic carbocycles. The lowest BCUT2D eigenvalue weighted by atomic mass is 10.1. The average molecular weight is 330 g/mol. The minimum Gasteiger partial charge on any atom is -0.384 e. The molecule has 0 atom stereocenters. The van der Waals surface area contributed by atoms with Crippen molar-refractivity contribution in [1.82, 2.24) is 9.88 Å². The number of allylic oxidation sites excluding steroid dienone is 1. The molecule has 0 radical (unpaired) electrons. The Morgan fingerprint density at radius 3 is 2.88 bits per heavy atom. The number of nitrogen functional groups attached to an aromatic ring is 1. The van der Waals surface area contributed by atoms with Crippen molar-refractivity contribution in [1.29, 1.82) is 5.26 Å². The summed E-state index contributed by atoms with van der Waals surface area (Å²) in [6, 6.07) is 13.6. The predicted molar refractivity (Wildman–Crippen MR) is 98.0 cm³/mol. The molecule has 5 heteroatoms. The second-order valence-electron chi connectivity index (χ2n) is 5.97. The molecule has 25 heavy (non-hydrogen) atoms. The van der Waals surface area contributed by atoms with Gasteiger partial charge in [0.15, 0.2) is 0 Å². The van der Waals surface area contributed by atoms with E-state index in [-0.39, 0.29) is 5.91 Å². The van der Waals surface area contributed by atoms with Crippen LogP contribution in [0.4, 0.5) is 5.82 Å². The molecule has 0 unspecified atom stereocenters. The molecule has 5 nitrogen and oxygen atoms in total. The molecule has 1 heterocycles. The highest BCUT2D eigenvalue weighted by atomic mass is 16.2. The number of benzene rings is 1. The lowest BCUT2D eigenvalue weighted by Gasteiger charge is -2.16. The van der Waals surface area contributed by atoms with E-state index in [1.807, 2.05) is 24.3 Å². The van der Waals surface area contributed by atoms with Gasteiger partial charge in [-0.3, -0.25) is 4.79 Å². The van der Waals surface area contributed by atoms with Crippen molar-refractivity contribution in [2.75, 3.05) is 19.3 Å². The Morgan fingerprint density at radius 1 is 1.36 bits per heavy atom. The highest BCUT2D eigenvalue weighted by molar-refractivity contribution is 5.92. The molecule has 3 rings (SSSR count). The smallest absolute Gasteiger partial charge is 0.246 e. The van der Waals surface area contributed by atoms with Gasteiger partial charge in [0.2, 0.25) is 5.91 Å². The maximum Gasteiger partial charge on any atom is 0.246 e. The van der Waals surface area contributed by atoms with E-state index < -0.39 is 0 Å². The summed E-state index contributed by atoms with van der Waals surface area (Å²) in [7, 11) is 1.74. The number of nitrogens with zero attached hydrogens (tertiary/aromatic N) is 3. The normalized spacial score (nSPS) is 13.0. The Kier molecular flexibility index (Phi) is 4.62. The van der Waals surface area contributed by atoms with Crippen molar-refractivity contribution in [2.45, 2.75) is 6.42 Å². The largest absolute Gasteiger partial charge is 0.384 e. The number of aromatic nitrogens is 1. The van der Waals surface area contributed by atoms with Gasteiger partial charge in [0.25, 0.3) is 0 Å². The molecular weight excluding hydrogens is 312 g/mol. The van der Waals surface area contributed by atoms with Gasteiger partial charge in [0, 0.05) is 25.9 Å². The number of amides is 1. The van der Waals surface area contributed by atoms with E-state index in [2.05, 4.69) is 11.1 Å². The summed E-state index contributed by atoms with van der Waals surface area (Å²) in [6.07, 6.45) is 5.53. The number of hydrogen-bond donors (Lipinski definition) is 1. The van der Waals surface area contributed by atoms with Crippen LogP contribution >= 0.6 is 0 Å². The highest BCUT2D eigenvalue weighted by Gasteiger charge is 2.22. The Hall–Kier alpha value is -3.39. The average Bonchev–Trinajstić information content (AvgIpc) is 2.97. The van der Waals surface area contributed by atoms with Gasteiger partial charge >= 0.3 is 0 Å². The van der Waals surface area contributed by atoms with E-state index in [1.54, 1.807) is 36.4 Å². The predicted octanol–water partition coefficient (Wildman–Crippen LogP) is 2.67. The number of nitriles is 1. The van der Waals surface area contributed by atoms with E-state index in [0.29, 0.717) is 24.4 Å². The zero-order valence-electron chi connectivity index (χ0n) is 13.9. The zero-order chi connectivity index (χ0) is 17.8. The number of likely N-dealkylation sites (N-methyl/N-ethyl adjacent to an activating group) is 1. The Bertz CT molecular complexity index is 904. The summed E-state index contributed by atoms with van der Waals surface area (Å²) in [5.41, 5.74) is 10.1. The molecule has 1 aliphatic carbocycles. The monoisotopic (exact) mass is 330 g/mol. The first-order valence-electron chi connectivity index (χ1n) is 7.93. The summed E-state index contributed by atoms with van der Waals surface area (Å²) in [6.45, 7) is 0.431. The van der Waals surface area contributed by atoms with Crippen molar-refractivity contribution in [3.05, 3.63) is 70.9 Å². The number of hydrogen-bond acceptors (Lipinski definition) is 4. The fraction of sp³-hybridized carbons (Fsp3) is 0.150. The standard InChI is InChI=1S/C20H18N4O/c1-24(20(25)9-7-14-6-8-19(22)23-12-14)13-16-10-15-4-2-3-5-17(15)18(16)11-21/h2-9,12H,10,13H2,1H3,(H2,22,23)/b9-7+. The van der Waals surface area contributed by atoms with Gasteiger partial charge in [-0.1, -0.05) is 24.3 Å². The number of carbonyl (C=O) groups is 1. The Labute approximate surface area is 146 Å². The summed E-state index contributed by atoms with van der Waals surface area (Å²) in [5, 5.41) is 9.47. The third kappa shape index (κ3) is 3.59. The highest BCUT2D eigenvalue weighted by Crippen LogP contribution is 2.32. The first-order chi connectivity index (χ1) is 12.1. The maximum atomic E-state index is 12.3. The number of rotatable bonds is 4. The Balaban J connectivity index is 1.70. The van der Waals surface area contributed by atoms with Crippen LogP contribution in [0.25, 0.3) is 11.6 Å². The van der Waals surface area contributed by atoms with Gasteiger partial charge in [-0.2, -0.15) is 5.26 Å². The molecule has 0 spiro atoms. The van der Waals surface area contributed by atoms with Crippen LogP contribution < -0.4 is 5.73 Å². The van der Waals surface area contributed by atoms with Gasteiger partial charge in [0.05, 0.1) is 11.6 Å². The van der Waals surface area contributed by atoms with Crippen LogP contribution in [0.1, 0.15) is 16.7 Å². The van der Waals surface area contributed by atoms with Crippen LogP contribution in [-0.4, -0.2) is 29.4 Å². The quantitative estimate of drug-likeness (QED) is 0.874. The van der Waals surface area contributed by atoms with E-state index in [4.69, 9.17) is 5.73 Å². The van der Waals surface area contributed by atoms with Crippen LogP contribution in [0.3, 0.4) is 0 Å². The zero-order valence-corrected chi connectivity index (χ0v) is 13.9. The van der Waals surface area contributed by atoms with Crippen molar-refractivity contribution >= 4 is 23.4 Å². The molecular formula is C20H18N4O. The summed E-state index contributed by atoms with van der Waals surface area (Å²) in [4.78, 5) is 17.9. The molecule has 1 aliphatic rings. The van der Waals surface area contributed by atoms with Gasteiger partial charge < -0.3 is 10.6 Å². The first kappa shape index (κ1) is 16.5. The Morgan fingerprint density at radius 2 is 2.16 bits per heavy atom. The minimum absolute atomic E-state index is 0.127. The number of nitrogens with two attached hydrogens (primary N) is 1. The van der Waals surface area contributed by atoms with Crippen LogP contribution in [-0.2, 0) is 11.2 Å². The first-order valence-corrected chi connectivity index (χ1v) is 7.93. The molecule has 2 N–H and O–H groups in total. The maximum absolute atomic E-state index is 12.3. The lowest BCUT2D eigenvalue weighted by Crippen LogP contribution is -2.27. The minimum atomic E-state index is -0.127. The number of carbonyl (C=O) groups excluding carboxylic acids is 1. The van der Waals surface area contributed by atoms with Crippen molar-refractivity contribution in [3.63, 3.8) is 0 Å². The number of fused-ring (bicyclic) bond motifs is 1. The fourth-order valence-electron chi connectivity index (χ4n) is 2.88. The fourth-order valence-corrected chi connectivity index (χ4v) is 2.88. The van der Waals surface area contributed by atoms with Gasteiger partial charge in [-0.15, -0.1) is 0 Å². The second-order valence-corrected chi connectivity index (χ2v) is 5.97. The summed E-state index contributed by atoms with van der Waals surface area (Å²) >= 11 is 0. The van der Waals surface area contributed by atoms with Crippen molar-refractivity contribution in [3.8, 4) is 6.07 Å². The van der Waals surface area contributed by atoms with Gasteiger partial charge in [-0.05, 0) is 46.9 Å². The third-order valence-electron chi connectivity index (χ3n) is 4.19. The molecule has 2 aromatic rings. The second kappa shape index (κ2) is 7.02. The summed E-state index contributed by atoms with van der Waals surface area (Å²) in [5.74, 6) is 0.315. The molecule has 0 saturated carbocycles. The van der Waals surface area contributed by atoms with E-state index >= 15 is 0 Å². The van der Waals surface area contributed by atoms with Crippen molar-refractivity contribution < 1.29 is 4.79 Å². The number of anilines is 1. The van der Waals surface area contributed by atoms with Crippen LogP contribution in [0, 0.1) is 11.3 Å². The molecule has 124 valence electrons. The molecule has 1 aromatic heterocycles. The molecule has 0 aliphatic heterocycles. The topological polar surface area (TPSA) is 83.0 Å². The van der Waals surface area contributed by atoms with Crippen LogP contribution in [0.2, 0.25) is 0 Å². The van der Waals surface area contributed by atoms with E-state index in [9.17, 15) is 10.1 Å². The van der Waals surface area contributed by atoms with Crippen LogP contribution in [0.5, 0.6) is 0 Å².